The first-order valence-corrected chi connectivity index (χ1v) is 9.38. The van der Waals surface area contributed by atoms with E-state index in [-0.39, 0.29) is 4.87 Å². The van der Waals surface area contributed by atoms with Crippen LogP contribution in [-0.2, 0) is 6.67 Å². The van der Waals surface area contributed by atoms with Gasteiger partial charge in [-0.3, -0.25) is 14.7 Å². The highest BCUT2D eigenvalue weighted by Crippen LogP contribution is 2.33. The third-order valence-electron chi connectivity index (χ3n) is 5.27. The van der Waals surface area contributed by atoms with Gasteiger partial charge in [0.2, 0.25) is 0 Å². The Bertz CT molecular complexity index is 663. The lowest BCUT2D eigenvalue weighted by atomic mass is 9.74. The van der Waals surface area contributed by atoms with Gasteiger partial charge in [0.1, 0.15) is 0 Å². The minimum absolute atomic E-state index is 0.144. The quantitative estimate of drug-likeness (QED) is 0.896. The second-order valence-electron chi connectivity index (χ2n) is 6.42. The molecule has 2 aromatic rings. The zero-order valence-electron chi connectivity index (χ0n) is 13.5. The fourth-order valence-electron chi connectivity index (χ4n) is 4.00. The molecule has 22 heavy (non-hydrogen) atoms. The van der Waals surface area contributed by atoms with Crippen molar-refractivity contribution in [3.63, 3.8) is 0 Å². The van der Waals surface area contributed by atoms with E-state index in [0.717, 1.165) is 22.1 Å². The molecule has 0 amide bonds. The Kier molecular flexibility index (Phi) is 4.99. The lowest BCUT2D eigenvalue weighted by molar-refractivity contribution is 0.165. The molecule has 3 nitrogen and oxygen atoms in total. The Morgan fingerprint density at radius 3 is 2.55 bits per heavy atom. The molecule has 1 N–H and O–H groups in total. The molecule has 0 aliphatic heterocycles. The van der Waals surface area contributed by atoms with Gasteiger partial charge in [0.15, 0.2) is 0 Å². The minimum atomic E-state index is 0.144. The van der Waals surface area contributed by atoms with E-state index in [2.05, 4.69) is 19.2 Å². The average Bonchev–Trinajstić information content (AvgIpc) is 2.87. The molecule has 1 heterocycles. The van der Waals surface area contributed by atoms with Crippen molar-refractivity contribution in [1.29, 1.82) is 0 Å². The molecule has 1 aromatic heterocycles. The van der Waals surface area contributed by atoms with E-state index < -0.39 is 0 Å². The van der Waals surface area contributed by atoms with Crippen LogP contribution in [0.4, 0.5) is 0 Å². The standard InChI is InChI=1S/C18H26N2OS/c1-3-13-8-7-9-14(4-2)17(13)19-12-20-15-10-5-6-11-16(15)22-18(20)21/h5-6,10-11,13-14,17,19H,3-4,7-9,12H2,1-2H3. The van der Waals surface area contributed by atoms with Gasteiger partial charge < -0.3 is 0 Å². The first-order valence-electron chi connectivity index (χ1n) is 8.56. The van der Waals surface area contributed by atoms with Gasteiger partial charge in [-0.2, -0.15) is 0 Å². The molecule has 3 rings (SSSR count). The highest BCUT2D eigenvalue weighted by Gasteiger charge is 2.30. The number of fused-ring (bicyclic) bond motifs is 1. The summed E-state index contributed by atoms with van der Waals surface area (Å²) in [6.07, 6.45) is 6.46. The number of benzene rings is 1. The molecule has 2 atom stereocenters. The Labute approximate surface area is 136 Å². The van der Waals surface area contributed by atoms with Gasteiger partial charge in [-0.25, -0.2) is 0 Å². The van der Waals surface area contributed by atoms with Crippen LogP contribution in [-0.4, -0.2) is 10.6 Å². The topological polar surface area (TPSA) is 34.0 Å². The molecular weight excluding hydrogens is 292 g/mol. The third-order valence-corrected chi connectivity index (χ3v) is 6.23. The summed E-state index contributed by atoms with van der Waals surface area (Å²) in [7, 11) is 0. The highest BCUT2D eigenvalue weighted by molar-refractivity contribution is 7.16. The maximum atomic E-state index is 12.3. The summed E-state index contributed by atoms with van der Waals surface area (Å²) in [4.78, 5) is 12.4. The summed E-state index contributed by atoms with van der Waals surface area (Å²) in [5, 5.41) is 3.73. The Hall–Kier alpha value is -1.13. The Morgan fingerprint density at radius 1 is 1.18 bits per heavy atom. The van der Waals surface area contributed by atoms with Crippen molar-refractivity contribution >= 4 is 21.6 Å². The molecule has 4 heteroatoms. The smallest absolute Gasteiger partial charge is 0.296 e. The van der Waals surface area contributed by atoms with Crippen LogP contribution in [0.3, 0.4) is 0 Å². The number of hydrogen-bond acceptors (Lipinski definition) is 3. The van der Waals surface area contributed by atoms with Crippen LogP contribution in [0.15, 0.2) is 29.1 Å². The number of thiazole rings is 1. The second kappa shape index (κ2) is 6.97. The number of para-hydroxylation sites is 1. The Balaban J connectivity index is 1.80. The van der Waals surface area contributed by atoms with Gasteiger partial charge in [0.25, 0.3) is 0 Å². The van der Waals surface area contributed by atoms with Gasteiger partial charge in [-0.1, -0.05) is 56.6 Å². The SMILES string of the molecule is CCC1CCCC(CC)C1NCn1c(=O)sc2ccccc21. The van der Waals surface area contributed by atoms with E-state index in [1.165, 1.54) is 43.4 Å². The predicted molar refractivity (Wildman–Crippen MR) is 94.4 cm³/mol. The largest absolute Gasteiger partial charge is 0.309 e. The second-order valence-corrected chi connectivity index (χ2v) is 7.41. The van der Waals surface area contributed by atoms with Crippen molar-refractivity contribution in [1.82, 2.24) is 9.88 Å². The number of rotatable bonds is 5. The molecule has 120 valence electrons. The molecule has 0 saturated heterocycles. The first kappa shape index (κ1) is 15.8. The van der Waals surface area contributed by atoms with Crippen LogP contribution >= 0.6 is 11.3 Å². The van der Waals surface area contributed by atoms with Gasteiger partial charge in [0.05, 0.1) is 16.9 Å². The average molecular weight is 318 g/mol. The monoisotopic (exact) mass is 318 g/mol. The molecule has 1 saturated carbocycles. The third kappa shape index (κ3) is 2.99. The summed E-state index contributed by atoms with van der Waals surface area (Å²) in [6, 6.07) is 8.63. The maximum Gasteiger partial charge on any atom is 0.309 e. The maximum absolute atomic E-state index is 12.3. The van der Waals surface area contributed by atoms with Crippen LogP contribution in [0.1, 0.15) is 46.0 Å². The van der Waals surface area contributed by atoms with E-state index in [0.29, 0.717) is 12.7 Å². The molecule has 1 aromatic carbocycles. The summed E-state index contributed by atoms with van der Waals surface area (Å²) in [5.41, 5.74) is 1.06. The van der Waals surface area contributed by atoms with E-state index in [1.807, 2.05) is 28.8 Å². The molecule has 1 aliphatic carbocycles. The normalized spacial score (nSPS) is 25.6. The van der Waals surface area contributed by atoms with Gasteiger partial charge >= 0.3 is 4.87 Å². The molecule has 1 fully saturated rings. The number of nitrogens with zero attached hydrogens (tertiary/aromatic N) is 1. The van der Waals surface area contributed by atoms with Crippen LogP contribution in [0.25, 0.3) is 10.2 Å². The molecule has 2 unspecified atom stereocenters. The van der Waals surface area contributed by atoms with Crippen LogP contribution < -0.4 is 10.2 Å². The molecule has 1 aliphatic rings. The molecule has 0 radical (unpaired) electrons. The first-order chi connectivity index (χ1) is 10.7. The predicted octanol–water partition coefficient (Wildman–Crippen LogP) is 4.22. The van der Waals surface area contributed by atoms with E-state index in [4.69, 9.17) is 0 Å². The number of nitrogens with one attached hydrogen (secondary N) is 1. The summed E-state index contributed by atoms with van der Waals surface area (Å²) < 4.78 is 2.98. The van der Waals surface area contributed by atoms with Gasteiger partial charge in [-0.05, 0) is 36.8 Å². The zero-order valence-corrected chi connectivity index (χ0v) is 14.4. The summed E-state index contributed by atoms with van der Waals surface area (Å²) >= 11 is 1.35. The lowest BCUT2D eigenvalue weighted by Crippen LogP contribution is -2.45. The molecule has 0 spiro atoms. The molecular formula is C18H26N2OS. The van der Waals surface area contributed by atoms with Crippen molar-refractivity contribution in [3.8, 4) is 0 Å². The lowest BCUT2D eigenvalue weighted by Gasteiger charge is -2.38. The summed E-state index contributed by atoms with van der Waals surface area (Å²) in [5.74, 6) is 1.50. The van der Waals surface area contributed by atoms with Crippen LogP contribution in [0.2, 0.25) is 0 Å². The zero-order chi connectivity index (χ0) is 15.5. The molecule has 0 bridgehead atoms. The summed E-state index contributed by atoms with van der Waals surface area (Å²) in [6.45, 7) is 5.23. The number of aromatic nitrogens is 1. The van der Waals surface area contributed by atoms with Gasteiger partial charge in [0, 0.05) is 6.04 Å². The minimum Gasteiger partial charge on any atom is -0.296 e. The van der Waals surface area contributed by atoms with E-state index in [1.54, 1.807) is 0 Å². The van der Waals surface area contributed by atoms with Crippen molar-refractivity contribution < 1.29 is 0 Å². The van der Waals surface area contributed by atoms with Crippen molar-refractivity contribution in [2.24, 2.45) is 11.8 Å². The van der Waals surface area contributed by atoms with E-state index in [9.17, 15) is 4.79 Å². The van der Waals surface area contributed by atoms with Crippen molar-refractivity contribution in [2.45, 2.75) is 58.7 Å². The highest BCUT2D eigenvalue weighted by atomic mass is 32.1. The fourth-order valence-corrected chi connectivity index (χ4v) is 4.89. The van der Waals surface area contributed by atoms with Crippen molar-refractivity contribution in [3.05, 3.63) is 33.9 Å². The van der Waals surface area contributed by atoms with Crippen molar-refractivity contribution in [2.75, 3.05) is 0 Å². The van der Waals surface area contributed by atoms with Gasteiger partial charge in [-0.15, -0.1) is 0 Å². The van der Waals surface area contributed by atoms with Crippen LogP contribution in [0.5, 0.6) is 0 Å². The Morgan fingerprint density at radius 2 is 1.86 bits per heavy atom. The number of hydrogen-bond donors (Lipinski definition) is 1. The fraction of sp³-hybridized carbons (Fsp3) is 0.611. The van der Waals surface area contributed by atoms with Crippen LogP contribution in [0, 0.1) is 11.8 Å². The van der Waals surface area contributed by atoms with E-state index >= 15 is 0 Å².